The van der Waals surface area contributed by atoms with Gasteiger partial charge in [-0.3, -0.25) is 4.68 Å². The summed E-state index contributed by atoms with van der Waals surface area (Å²) in [5.41, 5.74) is 8.58. The van der Waals surface area contributed by atoms with E-state index < -0.39 is 0 Å². The maximum Gasteiger partial charge on any atom is 0.0850 e. The molecule has 3 atom stereocenters. The van der Waals surface area contributed by atoms with Crippen molar-refractivity contribution in [1.29, 1.82) is 0 Å². The van der Waals surface area contributed by atoms with Crippen molar-refractivity contribution >= 4 is 11.6 Å². The van der Waals surface area contributed by atoms with Gasteiger partial charge in [0.05, 0.1) is 16.4 Å². The molecule has 1 aromatic rings. The normalized spacial score (nSPS) is 31.1. The molecule has 0 aliphatic heterocycles. The molecular weight excluding hydrogens is 258 g/mol. The van der Waals surface area contributed by atoms with E-state index in [1.54, 1.807) is 0 Å². The molecule has 2 fully saturated rings. The number of aromatic nitrogens is 2. The van der Waals surface area contributed by atoms with Crippen molar-refractivity contribution < 1.29 is 0 Å². The number of fused-ring (bicyclic) bond motifs is 1. The average molecular weight is 282 g/mol. The number of rotatable bonds is 4. The first-order chi connectivity index (χ1) is 9.13. The molecule has 3 unspecified atom stereocenters. The molecule has 0 radical (unpaired) electrons. The van der Waals surface area contributed by atoms with Gasteiger partial charge in [0, 0.05) is 19.5 Å². The lowest BCUT2D eigenvalue weighted by molar-refractivity contribution is 0.480. The lowest BCUT2D eigenvalue weighted by Gasteiger charge is -2.12. The van der Waals surface area contributed by atoms with Crippen LogP contribution >= 0.6 is 11.6 Å². The Balaban J connectivity index is 1.70. The van der Waals surface area contributed by atoms with Crippen LogP contribution in [0, 0.1) is 17.8 Å². The lowest BCUT2D eigenvalue weighted by atomic mass is 10.0. The number of halogens is 1. The predicted molar refractivity (Wildman–Crippen MR) is 78.2 cm³/mol. The zero-order valence-electron chi connectivity index (χ0n) is 11.9. The maximum atomic E-state index is 6.46. The minimum atomic E-state index is 0.255. The molecule has 2 aliphatic rings. The summed E-state index contributed by atoms with van der Waals surface area (Å²) in [6.45, 7) is 2.09. The second-order valence-electron chi connectivity index (χ2n) is 6.24. The number of nitrogens with two attached hydrogens (primary N) is 1. The van der Waals surface area contributed by atoms with Crippen molar-refractivity contribution in [2.24, 2.45) is 30.5 Å². The van der Waals surface area contributed by atoms with Gasteiger partial charge < -0.3 is 5.73 Å². The number of aryl methyl sites for hydroxylation is 2. The van der Waals surface area contributed by atoms with Gasteiger partial charge in [0.25, 0.3) is 0 Å². The first kappa shape index (κ1) is 13.4. The Bertz CT molecular complexity index is 456. The van der Waals surface area contributed by atoms with E-state index in [1.165, 1.54) is 25.7 Å². The van der Waals surface area contributed by atoms with Gasteiger partial charge in [0.1, 0.15) is 0 Å². The molecule has 0 aromatic carbocycles. The van der Waals surface area contributed by atoms with Crippen molar-refractivity contribution in [1.82, 2.24) is 9.78 Å². The molecule has 3 nitrogen and oxygen atoms in total. The minimum Gasteiger partial charge on any atom is -0.327 e. The summed E-state index contributed by atoms with van der Waals surface area (Å²) in [4.78, 5) is 0. The fraction of sp³-hybridized carbons (Fsp3) is 0.800. The van der Waals surface area contributed by atoms with Crippen LogP contribution in [0.3, 0.4) is 0 Å². The smallest absolute Gasteiger partial charge is 0.0850 e. The molecule has 19 heavy (non-hydrogen) atoms. The summed E-state index contributed by atoms with van der Waals surface area (Å²) in [5.74, 6) is 2.54. The van der Waals surface area contributed by atoms with Crippen LogP contribution in [-0.2, 0) is 19.9 Å². The summed E-state index contributed by atoms with van der Waals surface area (Å²) in [6, 6.07) is 0.255. The van der Waals surface area contributed by atoms with Crippen molar-refractivity contribution in [2.45, 2.75) is 51.5 Å². The summed E-state index contributed by atoms with van der Waals surface area (Å²) >= 11 is 6.41. The first-order valence-electron chi connectivity index (χ1n) is 7.59. The molecule has 2 N–H and O–H groups in total. The fourth-order valence-corrected chi connectivity index (χ4v) is 4.45. The monoisotopic (exact) mass is 281 g/mol. The molecule has 106 valence electrons. The highest BCUT2D eigenvalue weighted by Crippen LogP contribution is 2.56. The van der Waals surface area contributed by atoms with E-state index in [0.717, 1.165) is 47.0 Å². The Kier molecular flexibility index (Phi) is 3.61. The molecule has 0 spiro atoms. The van der Waals surface area contributed by atoms with E-state index in [2.05, 4.69) is 12.0 Å². The van der Waals surface area contributed by atoms with Crippen molar-refractivity contribution in [3.8, 4) is 0 Å². The minimum absolute atomic E-state index is 0.255. The number of hydrogen-bond donors (Lipinski definition) is 1. The van der Waals surface area contributed by atoms with Crippen LogP contribution in [0.2, 0.25) is 5.02 Å². The molecule has 2 aliphatic carbocycles. The zero-order chi connectivity index (χ0) is 13.6. The standard InChI is InChI=1S/C15H24ClN3/c1-3-12-15(16)13(19(2)18-12)8-11(17)14-9-6-4-5-7-10(9)14/h9-11,14H,3-8,17H2,1-2H3. The highest BCUT2D eigenvalue weighted by Gasteiger charge is 2.53. The van der Waals surface area contributed by atoms with Gasteiger partial charge in [-0.1, -0.05) is 31.4 Å². The molecule has 2 saturated carbocycles. The lowest BCUT2D eigenvalue weighted by Crippen LogP contribution is -2.28. The van der Waals surface area contributed by atoms with Crippen molar-refractivity contribution in [2.75, 3.05) is 0 Å². The summed E-state index contributed by atoms with van der Waals surface area (Å²) < 4.78 is 1.92. The topological polar surface area (TPSA) is 43.8 Å². The van der Waals surface area contributed by atoms with Gasteiger partial charge in [0.15, 0.2) is 0 Å². The average Bonchev–Trinajstić information content (AvgIpc) is 3.08. The predicted octanol–water partition coefficient (Wildman–Crippen LogP) is 2.94. The highest BCUT2D eigenvalue weighted by atomic mass is 35.5. The Morgan fingerprint density at radius 2 is 2.00 bits per heavy atom. The zero-order valence-corrected chi connectivity index (χ0v) is 12.7. The van der Waals surface area contributed by atoms with Crippen LogP contribution in [0.5, 0.6) is 0 Å². The first-order valence-corrected chi connectivity index (χ1v) is 7.97. The van der Waals surface area contributed by atoms with E-state index in [0.29, 0.717) is 0 Å². The summed E-state index contributed by atoms with van der Waals surface area (Å²) in [5, 5.41) is 5.32. The Morgan fingerprint density at radius 1 is 1.37 bits per heavy atom. The van der Waals surface area contributed by atoms with E-state index in [-0.39, 0.29) is 6.04 Å². The molecule has 0 amide bonds. The van der Waals surface area contributed by atoms with E-state index in [4.69, 9.17) is 17.3 Å². The largest absolute Gasteiger partial charge is 0.327 e. The van der Waals surface area contributed by atoms with Crippen LogP contribution in [0.25, 0.3) is 0 Å². The molecule has 1 aromatic heterocycles. The Morgan fingerprint density at radius 3 is 2.53 bits per heavy atom. The molecule has 0 bridgehead atoms. The van der Waals surface area contributed by atoms with Crippen LogP contribution in [0.4, 0.5) is 0 Å². The van der Waals surface area contributed by atoms with Gasteiger partial charge in [-0.15, -0.1) is 0 Å². The van der Waals surface area contributed by atoms with E-state index >= 15 is 0 Å². The maximum absolute atomic E-state index is 6.46. The fourth-order valence-electron chi connectivity index (χ4n) is 4.08. The Labute approximate surface area is 120 Å². The second kappa shape index (κ2) is 5.10. The number of nitrogens with zero attached hydrogens (tertiary/aromatic N) is 2. The van der Waals surface area contributed by atoms with Crippen molar-refractivity contribution in [3.63, 3.8) is 0 Å². The summed E-state index contributed by atoms with van der Waals surface area (Å²) in [6.07, 6.45) is 7.34. The third kappa shape index (κ3) is 2.31. The Hall–Kier alpha value is -0.540. The quantitative estimate of drug-likeness (QED) is 0.922. The molecular formula is C15H24ClN3. The van der Waals surface area contributed by atoms with Crippen LogP contribution in [0.1, 0.15) is 44.0 Å². The van der Waals surface area contributed by atoms with Crippen LogP contribution in [0.15, 0.2) is 0 Å². The van der Waals surface area contributed by atoms with E-state index in [1.807, 2.05) is 11.7 Å². The molecule has 1 heterocycles. The number of hydrogen-bond acceptors (Lipinski definition) is 2. The third-order valence-electron chi connectivity index (χ3n) is 5.15. The van der Waals surface area contributed by atoms with E-state index in [9.17, 15) is 0 Å². The third-order valence-corrected chi connectivity index (χ3v) is 5.59. The molecule has 0 saturated heterocycles. The van der Waals surface area contributed by atoms with Gasteiger partial charge in [0.2, 0.25) is 0 Å². The molecule has 3 rings (SSSR count). The van der Waals surface area contributed by atoms with Crippen LogP contribution in [-0.4, -0.2) is 15.8 Å². The van der Waals surface area contributed by atoms with Crippen LogP contribution < -0.4 is 5.73 Å². The van der Waals surface area contributed by atoms with Gasteiger partial charge in [-0.25, -0.2) is 0 Å². The molecule has 4 heteroatoms. The SMILES string of the molecule is CCc1nn(C)c(CC(N)C2C3CCCCC32)c1Cl. The van der Waals surface area contributed by atoms with Gasteiger partial charge in [-0.05, 0) is 37.0 Å². The van der Waals surface area contributed by atoms with Crippen molar-refractivity contribution in [3.05, 3.63) is 16.4 Å². The highest BCUT2D eigenvalue weighted by molar-refractivity contribution is 6.31. The van der Waals surface area contributed by atoms with Gasteiger partial charge in [-0.2, -0.15) is 5.10 Å². The second-order valence-corrected chi connectivity index (χ2v) is 6.62. The summed E-state index contributed by atoms with van der Waals surface area (Å²) in [7, 11) is 1.98. The van der Waals surface area contributed by atoms with Gasteiger partial charge >= 0.3 is 0 Å².